The second-order valence-corrected chi connectivity index (χ2v) is 6.39. The minimum atomic E-state index is 0.613. The predicted octanol–water partition coefficient (Wildman–Crippen LogP) is 5.95. The van der Waals surface area contributed by atoms with Crippen molar-refractivity contribution in [1.29, 1.82) is 0 Å². The Labute approximate surface area is 139 Å². The summed E-state index contributed by atoms with van der Waals surface area (Å²) in [5.41, 5.74) is 1.17. The number of unbranched alkanes of at least 4 members (excludes halogenated alkanes) is 1. The van der Waals surface area contributed by atoms with Gasteiger partial charge in [0, 0.05) is 5.33 Å². The van der Waals surface area contributed by atoms with Crippen LogP contribution in [-0.4, -0.2) is 13.7 Å². The van der Waals surface area contributed by atoms with E-state index in [0.29, 0.717) is 5.92 Å². The Morgan fingerprint density at radius 2 is 2.00 bits per heavy atom. The summed E-state index contributed by atoms with van der Waals surface area (Å²) in [6.07, 6.45) is 4.89. The van der Waals surface area contributed by atoms with Gasteiger partial charge in [-0.3, -0.25) is 0 Å². The van der Waals surface area contributed by atoms with E-state index in [-0.39, 0.29) is 0 Å². The second-order valence-electron chi connectivity index (χ2n) is 4.97. The quantitative estimate of drug-likeness (QED) is 0.471. The molecule has 1 atom stereocenters. The number of hydrogen-bond acceptors (Lipinski definition) is 2. The van der Waals surface area contributed by atoms with Crippen molar-refractivity contribution in [2.75, 3.05) is 13.7 Å². The number of benzene rings is 1. The maximum atomic E-state index is 6.02. The Balaban J connectivity index is 2.75. The molecule has 0 saturated heterocycles. The van der Waals surface area contributed by atoms with Gasteiger partial charge in [-0.05, 0) is 46.0 Å². The highest BCUT2D eigenvalue weighted by atomic mass is 79.9. The highest BCUT2D eigenvalue weighted by Gasteiger charge is 2.14. The molecule has 2 nitrogen and oxygen atoms in total. The zero-order valence-electron chi connectivity index (χ0n) is 12.5. The van der Waals surface area contributed by atoms with Crippen LogP contribution < -0.4 is 9.47 Å². The highest BCUT2D eigenvalue weighted by molar-refractivity contribution is 9.10. The molecule has 1 rings (SSSR count). The highest BCUT2D eigenvalue weighted by Crippen LogP contribution is 2.37. The van der Waals surface area contributed by atoms with Crippen LogP contribution in [0.15, 0.2) is 16.6 Å². The van der Waals surface area contributed by atoms with Crippen LogP contribution in [0.1, 0.15) is 45.1 Å². The van der Waals surface area contributed by atoms with Gasteiger partial charge in [0.1, 0.15) is 0 Å². The average Bonchev–Trinajstić information content (AvgIpc) is 2.47. The number of methoxy groups -OCH3 is 1. The molecule has 0 amide bonds. The first-order chi connectivity index (χ1) is 9.65. The molecule has 0 aliphatic rings. The Hall–Kier alpha value is -0.220. The van der Waals surface area contributed by atoms with Gasteiger partial charge in [0.05, 0.1) is 18.2 Å². The number of halogens is 2. The minimum absolute atomic E-state index is 0.613. The van der Waals surface area contributed by atoms with Crippen LogP contribution in [0.4, 0.5) is 0 Å². The Kier molecular flexibility index (Phi) is 8.62. The summed E-state index contributed by atoms with van der Waals surface area (Å²) in [6, 6.07) is 4.08. The van der Waals surface area contributed by atoms with Gasteiger partial charge in [-0.1, -0.05) is 49.0 Å². The fourth-order valence-corrected chi connectivity index (χ4v) is 3.02. The van der Waals surface area contributed by atoms with E-state index in [0.717, 1.165) is 34.3 Å². The van der Waals surface area contributed by atoms with Crippen molar-refractivity contribution in [3.63, 3.8) is 0 Å². The molecular weight excluding hydrogens is 384 g/mol. The van der Waals surface area contributed by atoms with E-state index < -0.39 is 0 Å². The van der Waals surface area contributed by atoms with Crippen molar-refractivity contribution in [1.82, 2.24) is 0 Å². The zero-order chi connectivity index (χ0) is 15.0. The van der Waals surface area contributed by atoms with Crippen LogP contribution in [0.5, 0.6) is 11.5 Å². The average molecular weight is 408 g/mol. The van der Waals surface area contributed by atoms with Crippen LogP contribution in [0.2, 0.25) is 0 Å². The van der Waals surface area contributed by atoms with Crippen molar-refractivity contribution < 1.29 is 9.47 Å². The van der Waals surface area contributed by atoms with E-state index >= 15 is 0 Å². The summed E-state index contributed by atoms with van der Waals surface area (Å²) in [4.78, 5) is 0. The van der Waals surface area contributed by atoms with Crippen LogP contribution in [-0.2, 0) is 5.33 Å². The van der Waals surface area contributed by atoms with E-state index in [9.17, 15) is 0 Å². The molecule has 0 aliphatic carbocycles. The first-order valence-corrected chi connectivity index (χ1v) is 9.12. The van der Waals surface area contributed by atoms with E-state index in [1.807, 2.05) is 6.07 Å². The van der Waals surface area contributed by atoms with E-state index in [1.165, 1.54) is 24.8 Å². The lowest BCUT2D eigenvalue weighted by Gasteiger charge is -2.18. The molecule has 0 aromatic heterocycles. The zero-order valence-corrected chi connectivity index (χ0v) is 15.7. The van der Waals surface area contributed by atoms with Crippen molar-refractivity contribution in [2.24, 2.45) is 5.92 Å². The smallest absolute Gasteiger partial charge is 0.175 e. The molecule has 1 aromatic rings. The van der Waals surface area contributed by atoms with Gasteiger partial charge >= 0.3 is 0 Å². The standard InChI is InChI=1S/C16H24Br2O2/c1-4-6-7-12(5-2)11-20-16-14(18)8-13(10-17)9-15(16)19-3/h8-9,12H,4-7,10-11H2,1-3H3. The number of rotatable bonds is 9. The molecule has 0 saturated carbocycles. The molecule has 0 radical (unpaired) electrons. The summed E-state index contributed by atoms with van der Waals surface area (Å²) in [7, 11) is 1.68. The number of hydrogen-bond donors (Lipinski definition) is 0. The molecule has 0 spiro atoms. The van der Waals surface area contributed by atoms with Gasteiger partial charge in [0.25, 0.3) is 0 Å². The van der Waals surface area contributed by atoms with Crippen molar-refractivity contribution in [2.45, 2.75) is 44.9 Å². The fourth-order valence-electron chi connectivity index (χ4n) is 2.09. The second kappa shape index (κ2) is 9.67. The lowest BCUT2D eigenvalue weighted by molar-refractivity contribution is 0.223. The van der Waals surface area contributed by atoms with Crippen LogP contribution >= 0.6 is 31.9 Å². The molecule has 114 valence electrons. The van der Waals surface area contributed by atoms with Gasteiger partial charge in [0.2, 0.25) is 0 Å². The van der Waals surface area contributed by atoms with Crippen LogP contribution in [0, 0.1) is 5.92 Å². The van der Waals surface area contributed by atoms with Gasteiger partial charge in [-0.25, -0.2) is 0 Å². The first-order valence-electron chi connectivity index (χ1n) is 7.21. The van der Waals surface area contributed by atoms with Gasteiger partial charge in [-0.2, -0.15) is 0 Å². The van der Waals surface area contributed by atoms with Gasteiger partial charge in [-0.15, -0.1) is 0 Å². The minimum Gasteiger partial charge on any atom is -0.493 e. The molecule has 0 heterocycles. The van der Waals surface area contributed by atoms with Crippen molar-refractivity contribution in [3.8, 4) is 11.5 Å². The Bertz CT molecular complexity index is 408. The third-order valence-electron chi connectivity index (χ3n) is 3.45. The van der Waals surface area contributed by atoms with E-state index in [2.05, 4.69) is 51.8 Å². The summed E-state index contributed by atoms with van der Waals surface area (Å²) >= 11 is 7.04. The summed E-state index contributed by atoms with van der Waals surface area (Å²) in [5.74, 6) is 2.22. The molecule has 0 fully saturated rings. The van der Waals surface area contributed by atoms with E-state index in [1.54, 1.807) is 7.11 Å². The molecule has 1 aromatic carbocycles. The SMILES string of the molecule is CCCCC(CC)COc1c(Br)cc(CBr)cc1OC. The Morgan fingerprint density at radius 3 is 2.55 bits per heavy atom. The fraction of sp³-hybridized carbons (Fsp3) is 0.625. The molecule has 0 aliphatic heterocycles. The van der Waals surface area contributed by atoms with Gasteiger partial charge < -0.3 is 9.47 Å². The monoisotopic (exact) mass is 406 g/mol. The first kappa shape index (κ1) is 17.8. The molecule has 4 heteroatoms. The molecular formula is C16H24Br2O2. The van der Waals surface area contributed by atoms with Crippen molar-refractivity contribution >= 4 is 31.9 Å². The summed E-state index contributed by atoms with van der Waals surface area (Å²) in [5, 5.41) is 0.802. The van der Waals surface area contributed by atoms with Crippen molar-refractivity contribution in [3.05, 3.63) is 22.2 Å². The van der Waals surface area contributed by atoms with Gasteiger partial charge in [0.15, 0.2) is 11.5 Å². The maximum absolute atomic E-state index is 6.02. The van der Waals surface area contributed by atoms with E-state index in [4.69, 9.17) is 9.47 Å². The maximum Gasteiger partial charge on any atom is 0.175 e. The predicted molar refractivity (Wildman–Crippen MR) is 92.1 cm³/mol. The number of alkyl halides is 1. The third kappa shape index (κ3) is 5.28. The molecule has 1 unspecified atom stereocenters. The number of ether oxygens (including phenoxy) is 2. The molecule has 20 heavy (non-hydrogen) atoms. The lowest BCUT2D eigenvalue weighted by Crippen LogP contribution is -2.12. The third-order valence-corrected chi connectivity index (χ3v) is 4.69. The normalized spacial score (nSPS) is 12.2. The molecule has 0 N–H and O–H groups in total. The topological polar surface area (TPSA) is 18.5 Å². The largest absolute Gasteiger partial charge is 0.493 e. The Morgan fingerprint density at radius 1 is 1.25 bits per heavy atom. The molecule has 0 bridgehead atoms. The van der Waals surface area contributed by atoms with Crippen LogP contribution in [0.3, 0.4) is 0 Å². The lowest BCUT2D eigenvalue weighted by atomic mass is 10.0. The summed E-state index contributed by atoms with van der Waals surface area (Å²) < 4.78 is 12.4. The summed E-state index contributed by atoms with van der Waals surface area (Å²) in [6.45, 7) is 5.20. The van der Waals surface area contributed by atoms with Crippen LogP contribution in [0.25, 0.3) is 0 Å².